The number of hydrogen-bond acceptors (Lipinski definition) is 3. The highest BCUT2D eigenvalue weighted by molar-refractivity contribution is 5.80. The minimum Gasteiger partial charge on any atom is -0.394 e. The number of rotatable bonds is 4. The number of aliphatic hydroxyl groups excluding tert-OH is 1. The Labute approximate surface area is 96.6 Å². The second-order valence-corrected chi connectivity index (χ2v) is 5.23. The van der Waals surface area contributed by atoms with E-state index in [1.54, 1.807) is 0 Å². The molecule has 1 amide bonds. The fourth-order valence-electron chi connectivity index (χ4n) is 3.30. The summed E-state index contributed by atoms with van der Waals surface area (Å²) in [7, 11) is 0. The number of hydrogen-bond donors (Lipinski definition) is 3. The Hall–Kier alpha value is -0.610. The van der Waals surface area contributed by atoms with E-state index in [0.29, 0.717) is 11.8 Å². The standard InChI is InChI=1S/C12H22N2O2/c1-2-9(6-15)14-12(16)10-7-3-4-8(5-7)11(10)13/h7-11,15H,2-6,13H2,1H3,(H,14,16). The molecule has 2 rings (SSSR count). The van der Waals surface area contributed by atoms with Crippen LogP contribution in [0.5, 0.6) is 0 Å². The summed E-state index contributed by atoms with van der Waals surface area (Å²) in [4.78, 5) is 12.1. The molecule has 5 unspecified atom stereocenters. The van der Waals surface area contributed by atoms with Gasteiger partial charge in [0.2, 0.25) is 5.91 Å². The van der Waals surface area contributed by atoms with Crippen LogP contribution in [-0.2, 0) is 4.79 Å². The Bertz CT molecular complexity index is 264. The second kappa shape index (κ2) is 4.72. The first-order valence-corrected chi connectivity index (χ1v) is 6.34. The van der Waals surface area contributed by atoms with Crippen LogP contribution < -0.4 is 11.1 Å². The van der Waals surface area contributed by atoms with Crippen molar-refractivity contribution in [2.75, 3.05) is 6.61 Å². The molecule has 2 aliphatic rings. The van der Waals surface area contributed by atoms with Crippen molar-refractivity contribution in [3.05, 3.63) is 0 Å². The highest BCUT2D eigenvalue weighted by Crippen LogP contribution is 2.47. The van der Waals surface area contributed by atoms with Crippen LogP contribution in [0.1, 0.15) is 32.6 Å². The molecule has 5 atom stereocenters. The normalized spacial score (nSPS) is 38.7. The highest BCUT2D eigenvalue weighted by atomic mass is 16.3. The van der Waals surface area contributed by atoms with Crippen molar-refractivity contribution in [3.8, 4) is 0 Å². The van der Waals surface area contributed by atoms with Crippen LogP contribution in [0.25, 0.3) is 0 Å². The van der Waals surface area contributed by atoms with Crippen LogP contribution in [0, 0.1) is 17.8 Å². The lowest BCUT2D eigenvalue weighted by Gasteiger charge is -2.28. The molecule has 2 aliphatic carbocycles. The average molecular weight is 226 g/mol. The molecule has 0 aromatic rings. The molecule has 0 heterocycles. The summed E-state index contributed by atoms with van der Waals surface area (Å²) in [5.74, 6) is 1.08. The monoisotopic (exact) mass is 226 g/mol. The van der Waals surface area contributed by atoms with E-state index in [9.17, 15) is 4.79 Å². The summed E-state index contributed by atoms with van der Waals surface area (Å²) in [6.45, 7) is 1.97. The summed E-state index contributed by atoms with van der Waals surface area (Å²) in [5.41, 5.74) is 6.10. The minimum absolute atomic E-state index is 0.0122. The van der Waals surface area contributed by atoms with Gasteiger partial charge >= 0.3 is 0 Å². The van der Waals surface area contributed by atoms with E-state index in [4.69, 9.17) is 10.8 Å². The zero-order chi connectivity index (χ0) is 11.7. The first-order valence-electron chi connectivity index (χ1n) is 6.34. The smallest absolute Gasteiger partial charge is 0.225 e. The van der Waals surface area contributed by atoms with Gasteiger partial charge in [0.05, 0.1) is 18.6 Å². The van der Waals surface area contributed by atoms with Crippen molar-refractivity contribution in [1.82, 2.24) is 5.32 Å². The van der Waals surface area contributed by atoms with Crippen molar-refractivity contribution < 1.29 is 9.90 Å². The largest absolute Gasteiger partial charge is 0.394 e. The molecule has 16 heavy (non-hydrogen) atoms. The number of nitrogens with two attached hydrogens (primary N) is 1. The van der Waals surface area contributed by atoms with Gasteiger partial charge in [-0.3, -0.25) is 4.79 Å². The molecule has 4 heteroatoms. The summed E-state index contributed by atoms with van der Waals surface area (Å²) in [6, 6.07) is -0.0752. The predicted molar refractivity (Wildman–Crippen MR) is 61.6 cm³/mol. The van der Waals surface area contributed by atoms with Gasteiger partial charge in [0.15, 0.2) is 0 Å². The molecule has 0 aliphatic heterocycles. The Morgan fingerprint density at radius 1 is 1.50 bits per heavy atom. The van der Waals surface area contributed by atoms with Crippen molar-refractivity contribution in [2.24, 2.45) is 23.5 Å². The Morgan fingerprint density at radius 2 is 2.19 bits per heavy atom. The van der Waals surface area contributed by atoms with E-state index in [-0.39, 0.29) is 30.5 Å². The van der Waals surface area contributed by atoms with Crippen LogP contribution in [-0.4, -0.2) is 29.7 Å². The fourth-order valence-corrected chi connectivity index (χ4v) is 3.30. The van der Waals surface area contributed by atoms with Gasteiger partial charge < -0.3 is 16.2 Å². The highest BCUT2D eigenvalue weighted by Gasteiger charge is 2.49. The van der Waals surface area contributed by atoms with Gasteiger partial charge in [-0.15, -0.1) is 0 Å². The summed E-state index contributed by atoms with van der Waals surface area (Å²) < 4.78 is 0. The third-order valence-electron chi connectivity index (χ3n) is 4.34. The van der Waals surface area contributed by atoms with Gasteiger partial charge in [0, 0.05) is 6.04 Å². The van der Waals surface area contributed by atoms with Crippen LogP contribution in [0.2, 0.25) is 0 Å². The van der Waals surface area contributed by atoms with Crippen LogP contribution in [0.3, 0.4) is 0 Å². The quantitative estimate of drug-likeness (QED) is 0.643. The molecule has 4 nitrogen and oxygen atoms in total. The Morgan fingerprint density at radius 3 is 2.69 bits per heavy atom. The molecular formula is C12H22N2O2. The predicted octanol–water partition coefficient (Wildman–Crippen LogP) is 0.247. The number of carbonyl (C=O) groups is 1. The van der Waals surface area contributed by atoms with Crippen LogP contribution in [0.15, 0.2) is 0 Å². The molecular weight excluding hydrogens is 204 g/mol. The first kappa shape index (κ1) is 11.9. The van der Waals surface area contributed by atoms with Crippen molar-refractivity contribution in [1.29, 1.82) is 0 Å². The molecule has 0 aromatic carbocycles. The molecule has 4 N–H and O–H groups in total. The van der Waals surface area contributed by atoms with Gasteiger partial charge in [-0.05, 0) is 37.5 Å². The molecule has 0 spiro atoms. The molecule has 2 bridgehead atoms. The topological polar surface area (TPSA) is 75.3 Å². The van der Waals surface area contributed by atoms with Crippen molar-refractivity contribution in [2.45, 2.75) is 44.7 Å². The lowest BCUT2D eigenvalue weighted by Crippen LogP contribution is -2.48. The molecule has 0 saturated heterocycles. The van der Waals surface area contributed by atoms with E-state index in [0.717, 1.165) is 19.3 Å². The lowest BCUT2D eigenvalue weighted by atomic mass is 9.84. The van der Waals surface area contributed by atoms with Gasteiger partial charge in [0.25, 0.3) is 0 Å². The van der Waals surface area contributed by atoms with E-state index in [1.807, 2.05) is 6.92 Å². The number of amides is 1. The maximum absolute atomic E-state index is 12.1. The van der Waals surface area contributed by atoms with Gasteiger partial charge in [0.1, 0.15) is 0 Å². The summed E-state index contributed by atoms with van der Waals surface area (Å²) in [5, 5.41) is 12.0. The number of nitrogens with one attached hydrogen (secondary N) is 1. The third-order valence-corrected chi connectivity index (χ3v) is 4.34. The van der Waals surface area contributed by atoms with Crippen molar-refractivity contribution in [3.63, 3.8) is 0 Å². The van der Waals surface area contributed by atoms with Gasteiger partial charge in [-0.25, -0.2) is 0 Å². The number of carbonyl (C=O) groups excluding carboxylic acids is 1. The maximum atomic E-state index is 12.1. The zero-order valence-electron chi connectivity index (χ0n) is 9.86. The summed E-state index contributed by atoms with van der Waals surface area (Å²) >= 11 is 0. The number of aliphatic hydroxyl groups is 1. The second-order valence-electron chi connectivity index (χ2n) is 5.23. The Kier molecular flexibility index (Phi) is 3.50. The van der Waals surface area contributed by atoms with E-state index in [2.05, 4.69) is 5.32 Å². The SMILES string of the molecule is CCC(CO)NC(=O)C1C2CCC(C2)C1N. The zero-order valence-corrected chi connectivity index (χ0v) is 9.86. The average Bonchev–Trinajstić information content (AvgIpc) is 2.85. The molecule has 2 saturated carbocycles. The molecule has 0 radical (unpaired) electrons. The van der Waals surface area contributed by atoms with E-state index in [1.165, 1.54) is 6.42 Å². The van der Waals surface area contributed by atoms with E-state index < -0.39 is 0 Å². The lowest BCUT2D eigenvalue weighted by molar-refractivity contribution is -0.128. The third kappa shape index (κ3) is 1.96. The van der Waals surface area contributed by atoms with Gasteiger partial charge in [-0.2, -0.15) is 0 Å². The first-order chi connectivity index (χ1) is 7.67. The maximum Gasteiger partial charge on any atom is 0.225 e. The van der Waals surface area contributed by atoms with Gasteiger partial charge in [-0.1, -0.05) is 6.92 Å². The summed E-state index contributed by atoms with van der Waals surface area (Å²) in [6.07, 6.45) is 4.21. The Balaban J connectivity index is 1.95. The van der Waals surface area contributed by atoms with E-state index >= 15 is 0 Å². The van der Waals surface area contributed by atoms with Crippen LogP contribution >= 0.6 is 0 Å². The molecule has 92 valence electrons. The van der Waals surface area contributed by atoms with Crippen molar-refractivity contribution >= 4 is 5.91 Å². The fraction of sp³-hybridized carbons (Fsp3) is 0.917. The van der Waals surface area contributed by atoms with Crippen LogP contribution in [0.4, 0.5) is 0 Å². The number of fused-ring (bicyclic) bond motifs is 2. The molecule has 2 fully saturated rings. The molecule has 0 aromatic heterocycles. The minimum atomic E-state index is -0.112.